The molecule has 0 unspecified atom stereocenters. The van der Waals surface area contributed by atoms with Crippen LogP contribution in [0, 0.1) is 10.1 Å². The molecule has 9 nitrogen and oxygen atoms in total. The average Bonchev–Trinajstić information content (AvgIpc) is 2.61. The Kier molecular flexibility index (Phi) is 6.29. The van der Waals surface area contributed by atoms with Crippen molar-refractivity contribution in [2.45, 2.75) is 19.9 Å². The van der Waals surface area contributed by atoms with E-state index in [1.54, 1.807) is 30.9 Å². The molecule has 1 atom stereocenters. The van der Waals surface area contributed by atoms with Crippen molar-refractivity contribution in [3.63, 3.8) is 0 Å². The molecule has 1 aliphatic heterocycles. The Bertz CT molecular complexity index is 643. The van der Waals surface area contributed by atoms with E-state index in [1.165, 1.54) is 12.1 Å². The van der Waals surface area contributed by atoms with Crippen LogP contribution in [0.15, 0.2) is 24.3 Å². The van der Waals surface area contributed by atoms with Crippen molar-refractivity contribution in [3.05, 3.63) is 34.4 Å². The summed E-state index contributed by atoms with van der Waals surface area (Å²) in [6.45, 7) is 5.83. The fourth-order valence-electron chi connectivity index (χ4n) is 2.65. The van der Waals surface area contributed by atoms with Gasteiger partial charge in [0.1, 0.15) is 5.69 Å². The van der Waals surface area contributed by atoms with E-state index in [-0.39, 0.29) is 23.4 Å². The molecule has 2 rings (SSSR count). The van der Waals surface area contributed by atoms with Crippen molar-refractivity contribution in [2.24, 2.45) is 0 Å². The highest BCUT2D eigenvalue weighted by Gasteiger charge is 2.28. The van der Waals surface area contributed by atoms with Gasteiger partial charge in [0.25, 0.3) is 5.69 Å². The molecule has 0 radical (unpaired) electrons. The maximum atomic E-state index is 12.4. The number of hydrogen-bond donors (Lipinski definition) is 1. The number of nitrogens with one attached hydrogen (secondary N) is 1. The van der Waals surface area contributed by atoms with Gasteiger partial charge in [-0.3, -0.25) is 19.8 Å². The molecule has 136 valence electrons. The Morgan fingerprint density at radius 2 is 1.92 bits per heavy atom. The maximum absolute atomic E-state index is 12.4. The lowest BCUT2D eigenvalue weighted by Crippen LogP contribution is -2.54. The number of hydrogen-bond acceptors (Lipinski definition) is 6. The molecule has 0 spiro atoms. The second-order valence-corrected chi connectivity index (χ2v) is 5.66. The predicted molar refractivity (Wildman–Crippen MR) is 91.4 cm³/mol. The lowest BCUT2D eigenvalue weighted by Gasteiger charge is -2.36. The first kappa shape index (κ1) is 18.7. The zero-order valence-electron chi connectivity index (χ0n) is 14.3. The van der Waals surface area contributed by atoms with Crippen LogP contribution < -0.4 is 5.32 Å². The number of carbonyl (C=O) groups is 2. The summed E-state index contributed by atoms with van der Waals surface area (Å²) in [6.07, 6.45) is -0.348. The third kappa shape index (κ3) is 4.66. The highest BCUT2D eigenvalue weighted by molar-refractivity contribution is 5.96. The van der Waals surface area contributed by atoms with Crippen LogP contribution in [-0.4, -0.2) is 65.6 Å². The second kappa shape index (κ2) is 8.43. The number of nitro benzene ring substituents is 1. The predicted octanol–water partition coefficient (Wildman–Crippen LogP) is 1.70. The van der Waals surface area contributed by atoms with Crippen LogP contribution in [0.4, 0.5) is 16.2 Å². The molecule has 0 saturated carbocycles. The zero-order valence-corrected chi connectivity index (χ0v) is 14.3. The Morgan fingerprint density at radius 3 is 2.52 bits per heavy atom. The van der Waals surface area contributed by atoms with Crippen molar-refractivity contribution < 1.29 is 19.2 Å². The highest BCUT2D eigenvalue weighted by atomic mass is 16.6. The molecule has 1 aliphatic rings. The van der Waals surface area contributed by atoms with Gasteiger partial charge in [-0.25, -0.2) is 4.79 Å². The van der Waals surface area contributed by atoms with Gasteiger partial charge in [-0.1, -0.05) is 12.1 Å². The summed E-state index contributed by atoms with van der Waals surface area (Å²) < 4.78 is 4.96. The molecule has 1 heterocycles. The van der Waals surface area contributed by atoms with Gasteiger partial charge in [-0.15, -0.1) is 0 Å². The summed E-state index contributed by atoms with van der Waals surface area (Å²) in [5.74, 6) is -0.320. The van der Waals surface area contributed by atoms with E-state index in [0.717, 1.165) is 0 Å². The molecule has 0 aliphatic carbocycles. The third-order valence-electron chi connectivity index (χ3n) is 4.13. The fraction of sp³-hybridized carbons (Fsp3) is 0.500. The Labute approximate surface area is 145 Å². The van der Waals surface area contributed by atoms with Crippen molar-refractivity contribution in [1.29, 1.82) is 0 Å². The number of carbonyl (C=O) groups excluding carboxylic acids is 2. The van der Waals surface area contributed by atoms with E-state index < -0.39 is 11.0 Å². The van der Waals surface area contributed by atoms with E-state index >= 15 is 0 Å². The third-order valence-corrected chi connectivity index (χ3v) is 4.13. The zero-order chi connectivity index (χ0) is 18.4. The first-order valence-electron chi connectivity index (χ1n) is 8.14. The maximum Gasteiger partial charge on any atom is 0.409 e. The van der Waals surface area contributed by atoms with E-state index in [0.29, 0.717) is 32.8 Å². The Morgan fingerprint density at radius 1 is 1.28 bits per heavy atom. The van der Waals surface area contributed by atoms with Crippen molar-refractivity contribution in [3.8, 4) is 0 Å². The number of benzene rings is 1. The minimum absolute atomic E-state index is 0.143. The van der Waals surface area contributed by atoms with Crippen LogP contribution in [0.2, 0.25) is 0 Å². The lowest BCUT2D eigenvalue weighted by molar-refractivity contribution is -0.383. The first-order valence-corrected chi connectivity index (χ1v) is 8.14. The standard InChI is InChI=1S/C16H22N4O5/c1-3-25-16(22)19-10-8-18(9-11-19)12(2)15(21)17-13-6-4-5-7-14(13)20(23)24/h4-7,12H,3,8-11H2,1-2H3,(H,17,21)/t12-/m0/s1. The summed E-state index contributed by atoms with van der Waals surface area (Å²) in [4.78, 5) is 38.1. The molecule has 9 heteroatoms. The number of amides is 2. The van der Waals surface area contributed by atoms with Crippen LogP contribution >= 0.6 is 0 Å². The Balaban J connectivity index is 1.93. The first-order chi connectivity index (χ1) is 11.9. The van der Waals surface area contributed by atoms with Crippen LogP contribution in [0.5, 0.6) is 0 Å². The van der Waals surface area contributed by atoms with Gasteiger partial charge in [-0.2, -0.15) is 0 Å². The molecule has 2 amide bonds. The van der Waals surface area contributed by atoms with Gasteiger partial charge < -0.3 is 15.0 Å². The van der Waals surface area contributed by atoms with Crippen LogP contribution in [0.1, 0.15) is 13.8 Å². The number of anilines is 1. The average molecular weight is 350 g/mol. The minimum Gasteiger partial charge on any atom is -0.450 e. The minimum atomic E-state index is -0.529. The summed E-state index contributed by atoms with van der Waals surface area (Å²) in [5, 5.41) is 13.6. The van der Waals surface area contributed by atoms with Crippen molar-refractivity contribution in [2.75, 3.05) is 38.1 Å². The number of nitro groups is 1. The van der Waals surface area contributed by atoms with Crippen LogP contribution in [0.25, 0.3) is 0 Å². The van der Waals surface area contributed by atoms with Crippen LogP contribution in [0.3, 0.4) is 0 Å². The number of piperazine rings is 1. The number of para-hydroxylation sites is 2. The quantitative estimate of drug-likeness (QED) is 0.640. The van der Waals surface area contributed by atoms with E-state index in [1.807, 2.05) is 4.90 Å². The van der Waals surface area contributed by atoms with Gasteiger partial charge in [0.15, 0.2) is 0 Å². The van der Waals surface area contributed by atoms with Crippen molar-refractivity contribution in [1.82, 2.24) is 9.80 Å². The molecule has 1 N–H and O–H groups in total. The molecular formula is C16H22N4O5. The van der Waals surface area contributed by atoms with Gasteiger partial charge in [0, 0.05) is 32.2 Å². The number of nitrogens with zero attached hydrogens (tertiary/aromatic N) is 3. The molecule has 25 heavy (non-hydrogen) atoms. The molecule has 1 aromatic rings. The summed E-state index contributed by atoms with van der Waals surface area (Å²) in [6, 6.07) is 5.56. The Hall–Kier alpha value is -2.68. The topological polar surface area (TPSA) is 105 Å². The number of ether oxygens (including phenoxy) is 1. The largest absolute Gasteiger partial charge is 0.450 e. The second-order valence-electron chi connectivity index (χ2n) is 5.66. The van der Waals surface area contributed by atoms with E-state index in [4.69, 9.17) is 4.74 Å². The smallest absolute Gasteiger partial charge is 0.409 e. The van der Waals surface area contributed by atoms with E-state index in [9.17, 15) is 19.7 Å². The lowest BCUT2D eigenvalue weighted by atomic mass is 10.2. The summed E-state index contributed by atoms with van der Waals surface area (Å²) in [7, 11) is 0. The summed E-state index contributed by atoms with van der Waals surface area (Å²) in [5.41, 5.74) is 0.0321. The van der Waals surface area contributed by atoms with Crippen LogP contribution in [-0.2, 0) is 9.53 Å². The van der Waals surface area contributed by atoms with Gasteiger partial charge >= 0.3 is 6.09 Å². The van der Waals surface area contributed by atoms with E-state index in [2.05, 4.69) is 5.32 Å². The van der Waals surface area contributed by atoms with Gasteiger partial charge in [-0.05, 0) is 19.9 Å². The monoisotopic (exact) mass is 350 g/mol. The number of rotatable bonds is 5. The molecule has 1 fully saturated rings. The summed E-state index contributed by atoms with van der Waals surface area (Å²) >= 11 is 0. The normalized spacial score (nSPS) is 16.2. The molecular weight excluding hydrogens is 328 g/mol. The molecule has 0 bridgehead atoms. The van der Waals surface area contributed by atoms with Gasteiger partial charge in [0.05, 0.1) is 17.6 Å². The molecule has 0 aromatic heterocycles. The van der Waals surface area contributed by atoms with Crippen molar-refractivity contribution >= 4 is 23.4 Å². The highest BCUT2D eigenvalue weighted by Crippen LogP contribution is 2.23. The van der Waals surface area contributed by atoms with Gasteiger partial charge in [0.2, 0.25) is 5.91 Å². The fourth-order valence-corrected chi connectivity index (χ4v) is 2.65. The SMILES string of the molecule is CCOC(=O)N1CCN([C@@H](C)C(=O)Nc2ccccc2[N+](=O)[O-])CC1. The molecule has 1 saturated heterocycles. The molecule has 1 aromatic carbocycles.